The van der Waals surface area contributed by atoms with Gasteiger partial charge in [0.05, 0.1) is 39.6 Å². The van der Waals surface area contributed by atoms with Gasteiger partial charge in [-0.3, -0.25) is 0 Å². The topological polar surface area (TPSA) is 106 Å². The number of ether oxygens (including phenoxy) is 5. The maximum absolute atomic E-state index is 12.2. The Morgan fingerprint density at radius 3 is 1.38 bits per heavy atom. The van der Waals surface area contributed by atoms with E-state index in [1.165, 1.54) is 12.4 Å². The third-order valence-electron chi connectivity index (χ3n) is 3.94. The zero-order valence-electron chi connectivity index (χ0n) is 15.9. The van der Waals surface area contributed by atoms with E-state index in [4.69, 9.17) is 23.7 Å². The number of carbonyl (C=O) groups is 2. The van der Waals surface area contributed by atoms with Gasteiger partial charge in [0.15, 0.2) is 0 Å². The molecule has 0 spiro atoms. The molecule has 29 heavy (non-hydrogen) atoms. The molecule has 0 saturated heterocycles. The number of esters is 2. The van der Waals surface area contributed by atoms with Gasteiger partial charge in [-0.1, -0.05) is 0 Å². The van der Waals surface area contributed by atoms with Crippen molar-refractivity contribution in [1.29, 1.82) is 0 Å². The van der Waals surface area contributed by atoms with Crippen molar-refractivity contribution in [1.82, 2.24) is 9.97 Å². The molecule has 154 valence electrons. The lowest BCUT2D eigenvalue weighted by Crippen LogP contribution is -2.15. The minimum atomic E-state index is -0.552. The molecular formula is C20H22N2O7. The first kappa shape index (κ1) is 20.8. The predicted octanol–water partition coefficient (Wildman–Crippen LogP) is 1.52. The molecule has 1 aliphatic rings. The Hall–Kier alpha value is -2.88. The molecule has 0 N–H and O–H groups in total. The molecule has 0 fully saturated rings. The normalized spacial score (nSPS) is 17.5. The van der Waals surface area contributed by atoms with Crippen LogP contribution < -0.4 is 0 Å². The molecule has 3 heterocycles. The number of carbonyl (C=O) groups excluding carboxylic acids is 2. The van der Waals surface area contributed by atoms with E-state index >= 15 is 0 Å². The highest BCUT2D eigenvalue weighted by Crippen LogP contribution is 2.20. The summed E-state index contributed by atoms with van der Waals surface area (Å²) >= 11 is 0. The molecule has 4 bridgehead atoms. The highest BCUT2D eigenvalue weighted by Gasteiger charge is 2.13. The number of aromatic nitrogens is 2. The average Bonchev–Trinajstić information content (AvgIpc) is 2.76. The Bertz CT molecular complexity index is 760. The van der Waals surface area contributed by atoms with Crippen LogP contribution in [0.1, 0.15) is 21.0 Å². The lowest BCUT2D eigenvalue weighted by molar-refractivity contribution is -0.00691. The second-order valence-corrected chi connectivity index (χ2v) is 5.97. The summed E-state index contributed by atoms with van der Waals surface area (Å²) in [5, 5.41) is 0. The number of rotatable bonds is 0. The Balaban J connectivity index is 1.74. The molecule has 9 heteroatoms. The molecule has 0 aliphatic carbocycles. The van der Waals surface area contributed by atoms with Crippen LogP contribution in [0.2, 0.25) is 0 Å². The third kappa shape index (κ3) is 6.60. The van der Waals surface area contributed by atoms with Gasteiger partial charge in [0.25, 0.3) is 0 Å². The van der Waals surface area contributed by atoms with Gasteiger partial charge in [-0.2, -0.15) is 0 Å². The van der Waals surface area contributed by atoms with Crippen molar-refractivity contribution in [2.75, 3.05) is 52.9 Å². The van der Waals surface area contributed by atoms with Crippen LogP contribution in [0.3, 0.4) is 0 Å². The quantitative estimate of drug-likeness (QED) is 0.606. The predicted molar refractivity (Wildman–Crippen MR) is 100 cm³/mol. The van der Waals surface area contributed by atoms with Crippen LogP contribution in [0, 0.1) is 0 Å². The molecule has 2 aromatic heterocycles. The van der Waals surface area contributed by atoms with E-state index < -0.39 is 11.9 Å². The minimum Gasteiger partial charge on any atom is -0.459 e. The molecule has 3 rings (SSSR count). The first-order valence-electron chi connectivity index (χ1n) is 9.24. The fraction of sp³-hybridized carbons (Fsp3) is 0.400. The lowest BCUT2D eigenvalue weighted by atomic mass is 10.1. The van der Waals surface area contributed by atoms with E-state index in [1.54, 1.807) is 24.3 Å². The fourth-order valence-electron chi connectivity index (χ4n) is 2.52. The van der Waals surface area contributed by atoms with Crippen LogP contribution >= 0.6 is 0 Å². The van der Waals surface area contributed by atoms with Crippen LogP contribution in [-0.2, 0) is 23.7 Å². The molecule has 1 aliphatic heterocycles. The summed E-state index contributed by atoms with van der Waals surface area (Å²) in [4.78, 5) is 32.5. The van der Waals surface area contributed by atoms with Gasteiger partial charge >= 0.3 is 11.9 Å². The Kier molecular flexibility index (Phi) is 8.05. The van der Waals surface area contributed by atoms with Gasteiger partial charge in [-0.05, 0) is 35.4 Å². The van der Waals surface area contributed by atoms with E-state index in [0.717, 1.165) is 0 Å². The number of pyridine rings is 2. The van der Waals surface area contributed by atoms with Crippen molar-refractivity contribution in [3.8, 4) is 11.1 Å². The van der Waals surface area contributed by atoms with Gasteiger partial charge in [0.2, 0.25) is 0 Å². The zero-order chi connectivity index (χ0) is 20.3. The summed E-state index contributed by atoms with van der Waals surface area (Å²) in [6.45, 7) is 2.31. The van der Waals surface area contributed by atoms with Crippen molar-refractivity contribution < 1.29 is 33.3 Å². The second kappa shape index (κ2) is 11.2. The van der Waals surface area contributed by atoms with Crippen LogP contribution in [0.5, 0.6) is 0 Å². The van der Waals surface area contributed by atoms with Gasteiger partial charge in [-0.25, -0.2) is 19.6 Å². The standard InChI is InChI=1S/C20H22N2O7/c23-19-17-13-15(1-3-21-17)16-2-4-22-18(14-16)20(24)29-12-10-27-8-6-25-5-7-26-9-11-28-19/h1-4,13-14H,5-12H2. The van der Waals surface area contributed by atoms with E-state index in [9.17, 15) is 9.59 Å². The molecule has 9 nitrogen and oxygen atoms in total. The molecule has 2 aromatic rings. The van der Waals surface area contributed by atoms with Gasteiger partial charge in [0, 0.05) is 12.4 Å². The average molecular weight is 402 g/mol. The monoisotopic (exact) mass is 402 g/mol. The van der Waals surface area contributed by atoms with Gasteiger partial charge < -0.3 is 23.7 Å². The third-order valence-corrected chi connectivity index (χ3v) is 3.94. The summed E-state index contributed by atoms with van der Waals surface area (Å²) in [6.07, 6.45) is 3.01. The van der Waals surface area contributed by atoms with E-state index in [-0.39, 0.29) is 37.8 Å². The number of nitrogens with zero attached hydrogens (tertiary/aromatic N) is 2. The Morgan fingerprint density at radius 2 is 0.966 bits per heavy atom. The lowest BCUT2D eigenvalue weighted by Gasteiger charge is -2.08. The van der Waals surface area contributed by atoms with E-state index in [1.807, 2.05) is 0 Å². The second-order valence-electron chi connectivity index (χ2n) is 5.97. The molecule has 0 aromatic carbocycles. The molecular weight excluding hydrogens is 380 g/mol. The maximum atomic E-state index is 12.2. The Morgan fingerprint density at radius 1 is 0.586 bits per heavy atom. The molecule has 0 unspecified atom stereocenters. The minimum absolute atomic E-state index is 0.110. The smallest absolute Gasteiger partial charge is 0.357 e. The van der Waals surface area contributed by atoms with Crippen LogP contribution in [-0.4, -0.2) is 74.8 Å². The van der Waals surface area contributed by atoms with Crippen molar-refractivity contribution in [2.45, 2.75) is 0 Å². The van der Waals surface area contributed by atoms with Gasteiger partial charge in [-0.15, -0.1) is 0 Å². The molecule has 0 radical (unpaired) electrons. The van der Waals surface area contributed by atoms with E-state index in [2.05, 4.69) is 9.97 Å². The van der Waals surface area contributed by atoms with Crippen molar-refractivity contribution in [3.05, 3.63) is 48.0 Å². The Labute approximate surface area is 167 Å². The van der Waals surface area contributed by atoms with Gasteiger partial charge in [0.1, 0.15) is 24.6 Å². The summed E-state index contributed by atoms with van der Waals surface area (Å²) in [5.74, 6) is -1.10. The van der Waals surface area contributed by atoms with Crippen LogP contribution in [0.15, 0.2) is 36.7 Å². The summed E-state index contributed by atoms with van der Waals surface area (Å²) in [7, 11) is 0. The number of cyclic esters (lactones) is 2. The zero-order valence-corrected chi connectivity index (χ0v) is 15.9. The molecule has 0 saturated carbocycles. The van der Waals surface area contributed by atoms with E-state index in [0.29, 0.717) is 37.6 Å². The van der Waals surface area contributed by atoms with Crippen molar-refractivity contribution >= 4 is 11.9 Å². The first-order valence-corrected chi connectivity index (χ1v) is 9.24. The summed E-state index contributed by atoms with van der Waals surface area (Å²) in [5.41, 5.74) is 1.72. The van der Waals surface area contributed by atoms with Crippen LogP contribution in [0.4, 0.5) is 0 Å². The van der Waals surface area contributed by atoms with Crippen molar-refractivity contribution in [2.24, 2.45) is 0 Å². The molecule has 0 atom stereocenters. The number of hydrogen-bond donors (Lipinski definition) is 0. The SMILES string of the molecule is O=C1OCCOCCOCCOCCOC(=O)c2cc(ccn2)-c2ccnc1c2. The van der Waals surface area contributed by atoms with Crippen molar-refractivity contribution in [3.63, 3.8) is 0 Å². The molecule has 0 amide bonds. The number of fused-ring (bicyclic) bond motifs is 5. The summed E-state index contributed by atoms with van der Waals surface area (Å²) < 4.78 is 26.4. The highest BCUT2D eigenvalue weighted by atomic mass is 16.6. The van der Waals surface area contributed by atoms with Crippen LogP contribution in [0.25, 0.3) is 11.1 Å². The highest BCUT2D eigenvalue weighted by molar-refractivity contribution is 5.90. The largest absolute Gasteiger partial charge is 0.459 e. The maximum Gasteiger partial charge on any atom is 0.357 e. The summed E-state index contributed by atoms with van der Waals surface area (Å²) in [6, 6.07) is 6.65. The first-order chi connectivity index (χ1) is 14.2. The number of hydrogen-bond acceptors (Lipinski definition) is 9. The fourth-order valence-corrected chi connectivity index (χ4v) is 2.52.